The Hall–Kier alpha value is -2.21. The molecule has 1 amide bonds. The van der Waals surface area contributed by atoms with Crippen molar-refractivity contribution in [3.63, 3.8) is 0 Å². The zero-order valence-electron chi connectivity index (χ0n) is 16.4. The van der Waals surface area contributed by atoms with Crippen molar-refractivity contribution < 1.29 is 9.18 Å². The average Bonchev–Trinajstić information content (AvgIpc) is 3.44. The lowest BCUT2D eigenvalue weighted by atomic mass is 9.78. The Morgan fingerprint density at radius 1 is 1.29 bits per heavy atom. The molecule has 1 saturated carbocycles. The third-order valence-electron chi connectivity index (χ3n) is 6.91. The normalized spacial score (nSPS) is 21.7. The summed E-state index contributed by atoms with van der Waals surface area (Å²) in [4.78, 5) is 25.5. The van der Waals surface area contributed by atoms with Crippen molar-refractivity contribution in [3.8, 4) is 0 Å². The van der Waals surface area contributed by atoms with Crippen LogP contribution >= 0.6 is 0 Å². The molecule has 148 valence electrons. The number of fused-ring (bicyclic) bond motifs is 2. The first kappa shape index (κ1) is 17.9. The third-order valence-corrected chi connectivity index (χ3v) is 6.91. The zero-order valence-corrected chi connectivity index (χ0v) is 16.4. The molecule has 0 bridgehead atoms. The lowest BCUT2D eigenvalue weighted by Crippen LogP contribution is -2.58. The second-order valence-corrected chi connectivity index (χ2v) is 8.58. The van der Waals surface area contributed by atoms with E-state index in [0.29, 0.717) is 5.91 Å². The van der Waals surface area contributed by atoms with Gasteiger partial charge in [-0.3, -0.25) is 9.69 Å². The second-order valence-electron chi connectivity index (χ2n) is 8.58. The van der Waals surface area contributed by atoms with Gasteiger partial charge in [0.2, 0.25) is 5.91 Å². The number of nitrogens with one attached hydrogen (secondary N) is 1. The minimum atomic E-state index is -0.277. The average molecular weight is 382 g/mol. The minimum Gasteiger partial charge on any atom is -0.348 e. The quantitative estimate of drug-likeness (QED) is 0.887. The standard InChI is InChI=1S/C22H27FN4O/c1-15-17(3-2-4-18(15)23)13-26-11-8-22(9-12-26)20-19(24-14-25-20)7-10-27(22)21(28)16-5-6-16/h2-4,14,16H,5-13H2,1H3,(H,24,25). The smallest absolute Gasteiger partial charge is 0.226 e. The monoisotopic (exact) mass is 382 g/mol. The Morgan fingerprint density at radius 3 is 2.82 bits per heavy atom. The number of benzene rings is 1. The second kappa shape index (κ2) is 6.69. The number of piperidine rings is 1. The third kappa shape index (κ3) is 2.85. The molecule has 3 heterocycles. The number of H-pyrrole nitrogens is 1. The number of carbonyl (C=O) groups excluding carboxylic acids is 1. The van der Waals surface area contributed by atoms with Crippen LogP contribution in [0.15, 0.2) is 24.5 Å². The van der Waals surface area contributed by atoms with Crippen molar-refractivity contribution in [2.45, 2.75) is 51.1 Å². The first-order valence-corrected chi connectivity index (χ1v) is 10.4. The number of rotatable bonds is 3. The molecule has 5 nitrogen and oxygen atoms in total. The van der Waals surface area contributed by atoms with Crippen LogP contribution < -0.4 is 0 Å². The van der Waals surface area contributed by atoms with E-state index in [4.69, 9.17) is 0 Å². The van der Waals surface area contributed by atoms with Crippen molar-refractivity contribution in [1.82, 2.24) is 19.8 Å². The van der Waals surface area contributed by atoms with E-state index in [2.05, 4.69) is 19.8 Å². The Bertz CT molecular complexity index is 896. The zero-order chi connectivity index (χ0) is 19.3. The molecule has 2 aliphatic heterocycles. The molecule has 3 aliphatic rings. The molecule has 1 aliphatic carbocycles. The van der Waals surface area contributed by atoms with Crippen molar-refractivity contribution in [3.05, 3.63) is 52.9 Å². The summed E-state index contributed by atoms with van der Waals surface area (Å²) in [6.07, 6.45) is 6.48. The largest absolute Gasteiger partial charge is 0.348 e. The molecule has 2 aromatic rings. The number of halogens is 1. The first-order valence-electron chi connectivity index (χ1n) is 10.4. The molecule has 5 rings (SSSR count). The van der Waals surface area contributed by atoms with Gasteiger partial charge in [0, 0.05) is 44.2 Å². The summed E-state index contributed by atoms with van der Waals surface area (Å²) >= 11 is 0. The fraction of sp³-hybridized carbons (Fsp3) is 0.545. The van der Waals surface area contributed by atoms with Gasteiger partial charge in [0.05, 0.1) is 17.6 Å². The lowest BCUT2D eigenvalue weighted by molar-refractivity contribution is -0.143. The molecule has 1 spiro atoms. The fourth-order valence-corrected chi connectivity index (χ4v) is 5.00. The highest BCUT2D eigenvalue weighted by Crippen LogP contribution is 2.45. The fourth-order valence-electron chi connectivity index (χ4n) is 5.00. The van der Waals surface area contributed by atoms with E-state index in [1.54, 1.807) is 12.4 Å². The summed E-state index contributed by atoms with van der Waals surface area (Å²) in [6.45, 7) is 5.16. The van der Waals surface area contributed by atoms with Crippen molar-refractivity contribution in [2.75, 3.05) is 19.6 Å². The van der Waals surface area contributed by atoms with E-state index < -0.39 is 0 Å². The van der Waals surface area contributed by atoms with Crippen LogP contribution in [-0.2, 0) is 23.3 Å². The summed E-state index contributed by atoms with van der Waals surface area (Å²) in [7, 11) is 0. The van der Waals surface area contributed by atoms with E-state index in [0.717, 1.165) is 75.1 Å². The van der Waals surface area contributed by atoms with Crippen molar-refractivity contribution in [2.24, 2.45) is 5.92 Å². The molecule has 1 N–H and O–H groups in total. The maximum Gasteiger partial charge on any atom is 0.226 e. The van der Waals surface area contributed by atoms with Crippen LogP contribution in [0.2, 0.25) is 0 Å². The SMILES string of the molecule is Cc1c(F)cccc1CN1CCC2(CC1)c1nc[nH]c1CCN2C(=O)C1CC1. The molecule has 0 radical (unpaired) electrons. The summed E-state index contributed by atoms with van der Waals surface area (Å²) in [5.74, 6) is 0.411. The number of hydrogen-bond acceptors (Lipinski definition) is 3. The van der Waals surface area contributed by atoms with Crippen molar-refractivity contribution >= 4 is 5.91 Å². The maximum atomic E-state index is 13.9. The molecular formula is C22H27FN4O. The predicted molar refractivity (Wildman–Crippen MR) is 104 cm³/mol. The molecule has 2 fully saturated rings. The Morgan fingerprint density at radius 2 is 2.07 bits per heavy atom. The Labute approximate surface area is 164 Å². The molecule has 1 saturated heterocycles. The van der Waals surface area contributed by atoms with E-state index in [-0.39, 0.29) is 17.3 Å². The highest BCUT2D eigenvalue weighted by Gasteiger charge is 2.50. The topological polar surface area (TPSA) is 52.2 Å². The van der Waals surface area contributed by atoms with Gasteiger partial charge in [-0.25, -0.2) is 9.37 Å². The highest BCUT2D eigenvalue weighted by atomic mass is 19.1. The number of nitrogens with zero attached hydrogens (tertiary/aromatic N) is 3. The molecule has 1 aromatic heterocycles. The Balaban J connectivity index is 1.38. The van der Waals surface area contributed by atoms with Gasteiger partial charge < -0.3 is 9.88 Å². The molecular weight excluding hydrogens is 355 g/mol. The van der Waals surface area contributed by atoms with Crippen LogP contribution in [0.25, 0.3) is 0 Å². The summed E-state index contributed by atoms with van der Waals surface area (Å²) in [6, 6.07) is 5.32. The molecule has 1 aromatic carbocycles. The van der Waals surface area contributed by atoms with Crippen LogP contribution in [0.1, 0.15) is 48.2 Å². The predicted octanol–water partition coefficient (Wildman–Crippen LogP) is 3.14. The van der Waals surface area contributed by atoms with Gasteiger partial charge in [0.1, 0.15) is 5.82 Å². The summed E-state index contributed by atoms with van der Waals surface area (Å²) in [5, 5.41) is 0. The number of carbonyl (C=O) groups is 1. The number of hydrogen-bond donors (Lipinski definition) is 1. The van der Waals surface area contributed by atoms with Crippen molar-refractivity contribution in [1.29, 1.82) is 0 Å². The molecule has 0 atom stereocenters. The van der Waals surface area contributed by atoms with Crippen LogP contribution in [0.5, 0.6) is 0 Å². The van der Waals surface area contributed by atoms with Crippen LogP contribution in [-0.4, -0.2) is 45.3 Å². The van der Waals surface area contributed by atoms with E-state index >= 15 is 0 Å². The van der Waals surface area contributed by atoms with Crippen LogP contribution in [0.3, 0.4) is 0 Å². The molecule has 28 heavy (non-hydrogen) atoms. The van der Waals surface area contributed by atoms with Crippen LogP contribution in [0.4, 0.5) is 4.39 Å². The highest BCUT2D eigenvalue weighted by molar-refractivity contribution is 5.82. The van der Waals surface area contributed by atoms with Gasteiger partial charge in [-0.05, 0) is 49.8 Å². The van der Waals surface area contributed by atoms with Gasteiger partial charge >= 0.3 is 0 Å². The van der Waals surface area contributed by atoms with E-state index in [1.807, 2.05) is 13.0 Å². The Kier molecular flexibility index (Phi) is 4.27. The molecule has 0 unspecified atom stereocenters. The van der Waals surface area contributed by atoms with Gasteiger partial charge in [0.15, 0.2) is 0 Å². The lowest BCUT2D eigenvalue weighted by Gasteiger charge is -2.50. The van der Waals surface area contributed by atoms with Gasteiger partial charge in [-0.15, -0.1) is 0 Å². The number of aromatic nitrogens is 2. The maximum absolute atomic E-state index is 13.9. The van der Waals surface area contributed by atoms with Gasteiger partial charge in [-0.1, -0.05) is 12.1 Å². The summed E-state index contributed by atoms with van der Waals surface area (Å²) < 4.78 is 13.9. The summed E-state index contributed by atoms with van der Waals surface area (Å²) in [5.41, 5.74) is 3.77. The first-order chi connectivity index (χ1) is 13.6. The van der Waals surface area contributed by atoms with E-state index in [1.165, 1.54) is 11.8 Å². The van der Waals surface area contributed by atoms with Crippen LogP contribution in [0, 0.1) is 18.7 Å². The number of aromatic amines is 1. The molecule has 6 heteroatoms. The van der Waals surface area contributed by atoms with Gasteiger partial charge in [-0.2, -0.15) is 0 Å². The number of likely N-dealkylation sites (tertiary alicyclic amines) is 1. The minimum absolute atomic E-state index is 0.138. The van der Waals surface area contributed by atoms with Gasteiger partial charge in [0.25, 0.3) is 0 Å². The van der Waals surface area contributed by atoms with E-state index in [9.17, 15) is 9.18 Å². The number of imidazole rings is 1. The number of amides is 1.